The first kappa shape index (κ1) is 23.0. The molecule has 1 aliphatic rings. The van der Waals surface area contributed by atoms with Gasteiger partial charge >= 0.3 is 51.4 Å². The number of carbonyl (C=O) groups is 1. The van der Waals surface area contributed by atoms with Crippen LogP contribution in [0.4, 0.5) is 11.4 Å². The fourth-order valence-corrected chi connectivity index (χ4v) is 4.42. The van der Waals surface area contributed by atoms with Gasteiger partial charge in [0.1, 0.15) is 0 Å². The van der Waals surface area contributed by atoms with E-state index in [0.29, 0.717) is 16.6 Å². The summed E-state index contributed by atoms with van der Waals surface area (Å²) < 4.78 is 0. The molecule has 5 rings (SSSR count). The zero-order valence-electron chi connectivity index (χ0n) is 16.5. The number of benzene rings is 3. The molecule has 0 spiro atoms. The number of carboxylic acid groups (broad SMARTS) is 1. The number of fused-ring (bicyclic) bond motifs is 3. The number of pyridine rings is 1. The number of rotatable bonds is 2. The second-order valence-corrected chi connectivity index (χ2v) is 7.88. The van der Waals surface area contributed by atoms with Gasteiger partial charge in [-0.3, -0.25) is 0 Å². The molecule has 0 saturated carbocycles. The van der Waals surface area contributed by atoms with Gasteiger partial charge in [0.2, 0.25) is 0 Å². The van der Waals surface area contributed by atoms with Gasteiger partial charge in [0.25, 0.3) is 0 Å². The van der Waals surface area contributed by atoms with Crippen molar-refractivity contribution in [3.63, 3.8) is 0 Å². The molecule has 5 nitrogen and oxygen atoms in total. The topological polar surface area (TPSA) is 96.5 Å². The van der Waals surface area contributed by atoms with E-state index in [4.69, 9.17) is 4.98 Å². The van der Waals surface area contributed by atoms with Crippen LogP contribution in [-0.2, 0) is 0 Å². The Morgan fingerprint density at radius 2 is 1.73 bits per heavy atom. The third-order valence-electron chi connectivity index (χ3n) is 4.84. The first-order chi connectivity index (χ1) is 13.6. The van der Waals surface area contributed by atoms with Gasteiger partial charge < -0.3 is 20.7 Å². The number of para-hydroxylation sites is 1. The number of carboxylic acids is 1. The summed E-state index contributed by atoms with van der Waals surface area (Å²) in [4.78, 5) is 18.7. The monoisotopic (exact) mass is 440 g/mol. The third-order valence-corrected chi connectivity index (χ3v) is 5.99. The summed E-state index contributed by atoms with van der Waals surface area (Å²) in [5.41, 5.74) is 5.32. The van der Waals surface area contributed by atoms with Crippen molar-refractivity contribution in [2.24, 2.45) is 0 Å². The van der Waals surface area contributed by atoms with Crippen LogP contribution in [-0.4, -0.2) is 16.4 Å². The van der Waals surface area contributed by atoms with Crippen molar-refractivity contribution >= 4 is 40.0 Å². The first-order valence-corrected chi connectivity index (χ1v) is 9.71. The Labute approximate surface area is 220 Å². The van der Waals surface area contributed by atoms with Crippen LogP contribution in [0.15, 0.2) is 76.5 Å². The van der Waals surface area contributed by atoms with E-state index in [1.54, 1.807) is 17.8 Å². The van der Waals surface area contributed by atoms with Gasteiger partial charge in [-0.15, -0.1) is 0 Å². The Morgan fingerprint density at radius 1 is 0.967 bits per heavy atom. The second kappa shape index (κ2) is 9.19. The van der Waals surface area contributed by atoms with Gasteiger partial charge in [0, 0.05) is 26.3 Å². The Hall–Kier alpha value is -1.71. The number of carbonyl (C=O) groups excluding carboxylic acids is 1. The van der Waals surface area contributed by atoms with Crippen LogP contribution in [0.25, 0.3) is 22.2 Å². The Morgan fingerprint density at radius 3 is 2.53 bits per heavy atom. The number of aryl methyl sites for hydroxylation is 1. The van der Waals surface area contributed by atoms with Crippen LogP contribution in [0.3, 0.4) is 0 Å². The minimum absolute atomic E-state index is 0. The van der Waals surface area contributed by atoms with E-state index in [0.717, 1.165) is 27.4 Å². The van der Waals surface area contributed by atoms with Gasteiger partial charge in [-0.05, 0) is 49.4 Å². The smallest absolute Gasteiger partial charge is 0.545 e. The summed E-state index contributed by atoms with van der Waals surface area (Å²) in [6.45, 7) is 1.93. The van der Waals surface area contributed by atoms with Crippen molar-refractivity contribution in [2.45, 2.75) is 16.7 Å². The summed E-state index contributed by atoms with van der Waals surface area (Å²) in [6.07, 6.45) is 0. The van der Waals surface area contributed by atoms with Crippen molar-refractivity contribution in [1.82, 2.24) is 4.98 Å². The van der Waals surface area contributed by atoms with Gasteiger partial charge in [-0.25, -0.2) is 4.98 Å². The van der Waals surface area contributed by atoms with Crippen molar-refractivity contribution in [3.8, 4) is 11.3 Å². The molecule has 1 aromatic heterocycles. The Kier molecular flexibility index (Phi) is 7.04. The number of aromatic nitrogens is 1. The zero-order valence-corrected chi connectivity index (χ0v) is 20.5. The molecule has 3 aromatic carbocycles. The molecule has 0 fully saturated rings. The van der Waals surface area contributed by atoms with Crippen LogP contribution >= 0.6 is 11.8 Å². The minimum atomic E-state index is -1.19. The summed E-state index contributed by atoms with van der Waals surface area (Å²) in [5, 5.41) is 15.8. The van der Waals surface area contributed by atoms with Crippen LogP contribution in [0.1, 0.15) is 15.9 Å². The van der Waals surface area contributed by atoms with Crippen LogP contribution in [0.5, 0.6) is 0 Å². The fraction of sp³-hybridized carbons (Fsp3) is 0.0435. The fourth-order valence-electron chi connectivity index (χ4n) is 3.45. The van der Waals surface area contributed by atoms with Crippen molar-refractivity contribution in [1.29, 1.82) is 0 Å². The largest absolute Gasteiger partial charge is 1.00 e. The molecule has 0 aliphatic carbocycles. The summed E-state index contributed by atoms with van der Waals surface area (Å²) >= 11 is 1.71. The molecule has 1 aliphatic heterocycles. The molecular formula is C23H17KN2O3S. The number of aromatic carboxylic acids is 1. The van der Waals surface area contributed by atoms with E-state index in [9.17, 15) is 9.90 Å². The Bertz CT molecular complexity index is 1280. The molecule has 7 heteroatoms. The van der Waals surface area contributed by atoms with Gasteiger partial charge in [-0.1, -0.05) is 41.6 Å². The predicted molar refractivity (Wildman–Crippen MR) is 114 cm³/mol. The molecule has 4 aromatic rings. The average Bonchev–Trinajstić information content (AvgIpc) is 2.71. The number of nitrogens with one attached hydrogen (secondary N) is 1. The predicted octanol–water partition coefficient (Wildman–Crippen LogP) is 0.961. The van der Waals surface area contributed by atoms with Gasteiger partial charge in [-0.2, -0.15) is 0 Å². The molecule has 0 amide bonds. The van der Waals surface area contributed by atoms with Crippen LogP contribution in [0.2, 0.25) is 0 Å². The molecule has 3 N–H and O–H groups in total. The van der Waals surface area contributed by atoms with Crippen molar-refractivity contribution < 1.29 is 66.8 Å². The number of hydrogen-bond donors (Lipinski definition) is 1. The van der Waals surface area contributed by atoms with E-state index >= 15 is 0 Å². The van der Waals surface area contributed by atoms with E-state index in [1.807, 2.05) is 61.5 Å². The quantitative estimate of drug-likeness (QED) is 0.413. The number of nitrogens with zero attached hydrogens (tertiary/aromatic N) is 1. The molecule has 0 unspecified atom stereocenters. The SMILES string of the molecule is Cc1ccc2nc(-c3ccc4c(c3)Nc3ccccc3S4)cc(C(=O)[O-])c2c1.O.[K+]. The second-order valence-electron chi connectivity index (χ2n) is 6.80. The van der Waals surface area contributed by atoms with Gasteiger partial charge in [0.15, 0.2) is 0 Å². The molecule has 0 bridgehead atoms. The van der Waals surface area contributed by atoms with E-state index in [2.05, 4.69) is 11.4 Å². The molecule has 0 atom stereocenters. The Balaban J connectivity index is 0.00000128. The maximum atomic E-state index is 11.7. The average molecular weight is 441 g/mol. The summed E-state index contributed by atoms with van der Waals surface area (Å²) in [5.74, 6) is -1.19. The molecule has 0 radical (unpaired) electrons. The van der Waals surface area contributed by atoms with E-state index in [1.165, 1.54) is 4.90 Å². The van der Waals surface area contributed by atoms with Gasteiger partial charge in [0.05, 0.1) is 28.6 Å². The molecule has 0 saturated heterocycles. The minimum Gasteiger partial charge on any atom is -0.545 e. The van der Waals surface area contributed by atoms with E-state index < -0.39 is 5.97 Å². The number of hydrogen-bond acceptors (Lipinski definition) is 5. The zero-order chi connectivity index (χ0) is 19.3. The summed E-state index contributed by atoms with van der Waals surface area (Å²) in [6, 6.07) is 21.4. The van der Waals surface area contributed by atoms with Crippen LogP contribution < -0.4 is 61.8 Å². The van der Waals surface area contributed by atoms with Crippen LogP contribution in [0, 0.1) is 6.92 Å². The normalized spacial score (nSPS) is 11.4. The standard InChI is InChI=1S/C23H16N2O2S.K.H2O/c1-13-6-8-17-15(10-13)16(23(26)27)12-19(24-17)14-7-9-22-20(11-14)25-18-4-2-3-5-21(18)28-22;;/h2-12,25H,1H3,(H,26,27);;1H2/q;+1;/p-1. The first-order valence-electron chi connectivity index (χ1n) is 8.89. The molecule has 144 valence electrons. The third kappa shape index (κ3) is 4.20. The molecular weight excluding hydrogens is 423 g/mol. The van der Waals surface area contributed by atoms with Crippen molar-refractivity contribution in [2.75, 3.05) is 5.32 Å². The number of anilines is 2. The summed E-state index contributed by atoms with van der Waals surface area (Å²) in [7, 11) is 0. The molecule has 2 heterocycles. The molecule has 30 heavy (non-hydrogen) atoms. The maximum absolute atomic E-state index is 11.7. The van der Waals surface area contributed by atoms with Crippen molar-refractivity contribution in [3.05, 3.63) is 77.9 Å². The van der Waals surface area contributed by atoms with E-state index in [-0.39, 0.29) is 62.4 Å². The maximum Gasteiger partial charge on any atom is 1.00 e.